The van der Waals surface area contributed by atoms with Crippen molar-refractivity contribution in [3.8, 4) is 0 Å². The smallest absolute Gasteiger partial charge is 0.239 e. The summed E-state index contributed by atoms with van der Waals surface area (Å²) in [5, 5.41) is 12.4. The van der Waals surface area contributed by atoms with Gasteiger partial charge in [-0.3, -0.25) is 4.79 Å². The van der Waals surface area contributed by atoms with Crippen molar-refractivity contribution in [2.45, 2.75) is 26.5 Å². The molecule has 0 atom stereocenters. The van der Waals surface area contributed by atoms with Gasteiger partial charge < -0.3 is 15.3 Å². The summed E-state index contributed by atoms with van der Waals surface area (Å²) in [4.78, 5) is 13.4. The van der Waals surface area contributed by atoms with Crippen molar-refractivity contribution in [3.05, 3.63) is 28.8 Å². The third-order valence-electron chi connectivity index (χ3n) is 2.48. The molecule has 0 aliphatic rings. The van der Waals surface area contributed by atoms with Crippen LogP contribution in [0.3, 0.4) is 0 Å². The number of halogens is 1. The summed E-state index contributed by atoms with van der Waals surface area (Å²) >= 11 is 6.01. The fourth-order valence-electron chi connectivity index (χ4n) is 1.58. The first-order valence-corrected chi connectivity index (χ1v) is 6.21. The summed E-state index contributed by atoms with van der Waals surface area (Å²) in [6.07, 6.45) is 0. The third-order valence-corrected chi connectivity index (χ3v) is 2.83. The lowest BCUT2D eigenvalue weighted by Gasteiger charge is -2.20. The second-order valence-corrected chi connectivity index (χ2v) is 4.92. The quantitative estimate of drug-likeness (QED) is 0.858. The maximum atomic E-state index is 11.6. The van der Waals surface area contributed by atoms with Gasteiger partial charge in [-0.1, -0.05) is 17.7 Å². The van der Waals surface area contributed by atoms with Gasteiger partial charge >= 0.3 is 0 Å². The molecular formula is C13H19ClN2O2. The first-order valence-electron chi connectivity index (χ1n) is 5.83. The molecule has 1 aromatic carbocycles. The molecule has 0 spiro atoms. The minimum absolute atomic E-state index is 0.0325. The van der Waals surface area contributed by atoms with Crippen LogP contribution in [-0.4, -0.2) is 30.6 Å². The van der Waals surface area contributed by atoms with Crippen LogP contribution < -0.4 is 10.2 Å². The second kappa shape index (κ2) is 6.61. The van der Waals surface area contributed by atoms with E-state index in [9.17, 15) is 4.79 Å². The van der Waals surface area contributed by atoms with E-state index in [2.05, 4.69) is 5.32 Å². The van der Waals surface area contributed by atoms with Gasteiger partial charge in [0.2, 0.25) is 5.91 Å². The van der Waals surface area contributed by atoms with Crippen molar-refractivity contribution in [2.24, 2.45) is 0 Å². The number of carbonyl (C=O) groups excluding carboxylic acids is 1. The number of amides is 1. The molecule has 18 heavy (non-hydrogen) atoms. The van der Waals surface area contributed by atoms with Crippen molar-refractivity contribution in [1.82, 2.24) is 5.32 Å². The third kappa shape index (κ3) is 4.20. The summed E-state index contributed by atoms with van der Waals surface area (Å²) in [7, 11) is 1.82. The minimum Gasteiger partial charge on any atom is -0.392 e. The van der Waals surface area contributed by atoms with E-state index in [0.717, 1.165) is 5.69 Å². The average Bonchev–Trinajstić information content (AvgIpc) is 2.27. The van der Waals surface area contributed by atoms with Gasteiger partial charge in [-0.05, 0) is 31.5 Å². The Bertz CT molecular complexity index is 421. The lowest BCUT2D eigenvalue weighted by molar-refractivity contribution is -0.120. The molecule has 1 amide bonds. The number of carbonyl (C=O) groups is 1. The number of aliphatic hydroxyl groups excluding tert-OH is 1. The lowest BCUT2D eigenvalue weighted by atomic mass is 10.2. The molecule has 5 heteroatoms. The van der Waals surface area contributed by atoms with Crippen molar-refractivity contribution in [1.29, 1.82) is 0 Å². The van der Waals surface area contributed by atoms with Gasteiger partial charge in [-0.25, -0.2) is 0 Å². The summed E-state index contributed by atoms with van der Waals surface area (Å²) < 4.78 is 0. The molecular weight excluding hydrogens is 252 g/mol. The van der Waals surface area contributed by atoms with Crippen LogP contribution in [0, 0.1) is 0 Å². The summed E-state index contributed by atoms with van der Waals surface area (Å²) in [5.41, 5.74) is 1.52. The molecule has 100 valence electrons. The first kappa shape index (κ1) is 14.8. The SMILES string of the molecule is CC(C)NC(=O)CN(C)c1ccc(CO)c(Cl)c1. The van der Waals surface area contributed by atoms with Crippen molar-refractivity contribution >= 4 is 23.2 Å². The predicted octanol–water partition coefficient (Wildman–Crippen LogP) is 1.79. The average molecular weight is 271 g/mol. The van der Waals surface area contributed by atoms with Crippen LogP contribution in [0.15, 0.2) is 18.2 Å². The highest BCUT2D eigenvalue weighted by molar-refractivity contribution is 6.31. The topological polar surface area (TPSA) is 52.6 Å². The van der Waals surface area contributed by atoms with Gasteiger partial charge in [-0.15, -0.1) is 0 Å². The Kier molecular flexibility index (Phi) is 5.44. The molecule has 0 fully saturated rings. The van der Waals surface area contributed by atoms with Crippen LogP contribution in [0.2, 0.25) is 5.02 Å². The van der Waals surface area contributed by atoms with E-state index >= 15 is 0 Å². The standard InChI is InChI=1S/C13H19ClN2O2/c1-9(2)15-13(18)7-16(3)11-5-4-10(8-17)12(14)6-11/h4-6,9,17H,7-8H2,1-3H3,(H,15,18). The van der Waals surface area contributed by atoms with Gasteiger partial charge in [-0.2, -0.15) is 0 Å². The zero-order valence-electron chi connectivity index (χ0n) is 10.9. The van der Waals surface area contributed by atoms with E-state index in [0.29, 0.717) is 10.6 Å². The number of hydrogen-bond acceptors (Lipinski definition) is 3. The molecule has 2 N–H and O–H groups in total. The molecule has 0 aliphatic heterocycles. The zero-order chi connectivity index (χ0) is 13.7. The number of hydrogen-bond donors (Lipinski definition) is 2. The van der Waals surface area contributed by atoms with Gasteiger partial charge in [0.1, 0.15) is 0 Å². The number of nitrogens with one attached hydrogen (secondary N) is 1. The highest BCUT2D eigenvalue weighted by Gasteiger charge is 2.09. The molecule has 1 aromatic rings. The number of nitrogens with zero attached hydrogens (tertiary/aromatic N) is 1. The fourth-order valence-corrected chi connectivity index (χ4v) is 1.81. The molecule has 1 rings (SSSR count). The van der Waals surface area contributed by atoms with E-state index in [-0.39, 0.29) is 25.1 Å². The molecule has 4 nitrogen and oxygen atoms in total. The predicted molar refractivity (Wildman–Crippen MR) is 73.9 cm³/mol. The summed E-state index contributed by atoms with van der Waals surface area (Å²) in [6.45, 7) is 4.03. The van der Waals surface area contributed by atoms with Gasteiger partial charge in [0.05, 0.1) is 13.2 Å². The van der Waals surface area contributed by atoms with Crippen LogP contribution in [0.4, 0.5) is 5.69 Å². The molecule has 0 aromatic heterocycles. The van der Waals surface area contributed by atoms with Crippen molar-refractivity contribution < 1.29 is 9.90 Å². The van der Waals surface area contributed by atoms with Crippen LogP contribution >= 0.6 is 11.6 Å². The maximum absolute atomic E-state index is 11.6. The van der Waals surface area contributed by atoms with E-state index < -0.39 is 0 Å². The Balaban J connectivity index is 2.69. The number of aliphatic hydroxyl groups is 1. The van der Waals surface area contributed by atoms with Crippen molar-refractivity contribution in [3.63, 3.8) is 0 Å². The second-order valence-electron chi connectivity index (χ2n) is 4.51. The molecule has 0 aliphatic carbocycles. The highest BCUT2D eigenvalue weighted by Crippen LogP contribution is 2.22. The monoisotopic (exact) mass is 270 g/mol. The van der Waals surface area contributed by atoms with Gasteiger partial charge in [0.25, 0.3) is 0 Å². The molecule has 0 unspecified atom stereocenters. The molecule has 0 heterocycles. The van der Waals surface area contributed by atoms with Gasteiger partial charge in [0, 0.05) is 23.8 Å². The van der Waals surface area contributed by atoms with Crippen LogP contribution in [0.5, 0.6) is 0 Å². The number of benzene rings is 1. The number of anilines is 1. The number of likely N-dealkylation sites (N-methyl/N-ethyl adjacent to an activating group) is 1. The van der Waals surface area contributed by atoms with Crippen LogP contribution in [-0.2, 0) is 11.4 Å². The Morgan fingerprint density at radius 2 is 2.17 bits per heavy atom. The molecule has 0 saturated carbocycles. The van der Waals surface area contributed by atoms with Crippen LogP contribution in [0.1, 0.15) is 19.4 Å². The minimum atomic E-state index is -0.0866. The Morgan fingerprint density at radius 3 is 2.67 bits per heavy atom. The van der Waals surface area contributed by atoms with E-state index in [1.54, 1.807) is 12.1 Å². The zero-order valence-corrected chi connectivity index (χ0v) is 11.7. The largest absolute Gasteiger partial charge is 0.392 e. The van der Waals surface area contributed by atoms with E-state index in [1.807, 2.05) is 31.9 Å². The first-order chi connectivity index (χ1) is 8.43. The van der Waals surface area contributed by atoms with Gasteiger partial charge in [0.15, 0.2) is 0 Å². The van der Waals surface area contributed by atoms with Crippen LogP contribution in [0.25, 0.3) is 0 Å². The fraction of sp³-hybridized carbons (Fsp3) is 0.462. The maximum Gasteiger partial charge on any atom is 0.239 e. The van der Waals surface area contributed by atoms with E-state index in [4.69, 9.17) is 16.7 Å². The number of rotatable bonds is 5. The van der Waals surface area contributed by atoms with Crippen molar-refractivity contribution in [2.75, 3.05) is 18.5 Å². The van der Waals surface area contributed by atoms with E-state index in [1.165, 1.54) is 0 Å². The normalized spacial score (nSPS) is 10.6. The Labute approximate surface area is 113 Å². The summed E-state index contributed by atoms with van der Waals surface area (Å²) in [5.74, 6) is -0.0325. The Hall–Kier alpha value is -1.26. The lowest BCUT2D eigenvalue weighted by Crippen LogP contribution is -2.38. The molecule has 0 radical (unpaired) electrons. The molecule has 0 bridgehead atoms. The Morgan fingerprint density at radius 1 is 1.50 bits per heavy atom. The highest BCUT2D eigenvalue weighted by atomic mass is 35.5. The molecule has 0 saturated heterocycles. The summed E-state index contributed by atoms with van der Waals surface area (Å²) in [6, 6.07) is 5.47.